The van der Waals surface area contributed by atoms with Crippen molar-refractivity contribution in [2.75, 3.05) is 18.9 Å². The predicted molar refractivity (Wildman–Crippen MR) is 107 cm³/mol. The number of sulfonamides is 1. The van der Waals surface area contributed by atoms with Gasteiger partial charge < -0.3 is 5.32 Å². The Morgan fingerprint density at radius 2 is 1.81 bits per heavy atom. The molecule has 1 amide bonds. The lowest BCUT2D eigenvalue weighted by Crippen LogP contribution is -2.33. The first kappa shape index (κ1) is 20.2. The third kappa shape index (κ3) is 5.69. The first-order chi connectivity index (χ1) is 12.2. The van der Waals surface area contributed by atoms with Gasteiger partial charge in [0.15, 0.2) is 0 Å². The average molecular weight is 393 g/mol. The maximum Gasteiger partial charge on any atom is 0.239 e. The van der Waals surface area contributed by atoms with Gasteiger partial charge in [-0.15, -0.1) is 0 Å². The normalized spacial score (nSPS) is 11.9. The molecule has 7 heteroatoms. The van der Waals surface area contributed by atoms with E-state index in [1.807, 2.05) is 32.0 Å². The fourth-order valence-corrected chi connectivity index (χ4v) is 3.15. The summed E-state index contributed by atoms with van der Waals surface area (Å²) in [6.07, 6.45) is 1.46. The third-order valence-electron chi connectivity index (χ3n) is 3.77. The van der Waals surface area contributed by atoms with E-state index in [0.29, 0.717) is 16.3 Å². The van der Waals surface area contributed by atoms with Gasteiger partial charge in [0.05, 0.1) is 6.54 Å². The van der Waals surface area contributed by atoms with Gasteiger partial charge in [-0.05, 0) is 54.8 Å². The van der Waals surface area contributed by atoms with Crippen molar-refractivity contribution in [3.63, 3.8) is 0 Å². The number of hydrogen-bond donors (Lipinski definition) is 1. The molecule has 2 aromatic rings. The van der Waals surface area contributed by atoms with Crippen LogP contribution in [0.3, 0.4) is 0 Å². The summed E-state index contributed by atoms with van der Waals surface area (Å²) in [7, 11) is -2.35. The topological polar surface area (TPSA) is 66.5 Å². The highest BCUT2D eigenvalue weighted by atomic mass is 35.5. The number of carbonyl (C=O) groups is 1. The van der Waals surface area contributed by atoms with Crippen LogP contribution in [0.15, 0.2) is 47.9 Å². The molecule has 0 atom stereocenters. The highest BCUT2D eigenvalue weighted by Gasteiger charge is 2.18. The van der Waals surface area contributed by atoms with Crippen LogP contribution in [0.5, 0.6) is 0 Å². The zero-order valence-electron chi connectivity index (χ0n) is 14.9. The number of rotatable bonds is 6. The van der Waals surface area contributed by atoms with Crippen LogP contribution in [-0.2, 0) is 14.8 Å². The number of likely N-dealkylation sites (N-methyl/N-ethyl adjacent to an activating group) is 1. The molecule has 0 unspecified atom stereocenters. The smallest absolute Gasteiger partial charge is 0.239 e. The molecule has 0 saturated heterocycles. The van der Waals surface area contributed by atoms with Crippen LogP contribution in [0, 0.1) is 13.8 Å². The van der Waals surface area contributed by atoms with Crippen molar-refractivity contribution >= 4 is 39.3 Å². The van der Waals surface area contributed by atoms with Gasteiger partial charge in [0.25, 0.3) is 0 Å². The van der Waals surface area contributed by atoms with Crippen LogP contribution < -0.4 is 5.32 Å². The second kappa shape index (κ2) is 8.49. The molecule has 0 aliphatic heterocycles. The van der Waals surface area contributed by atoms with Crippen molar-refractivity contribution < 1.29 is 13.2 Å². The summed E-state index contributed by atoms with van der Waals surface area (Å²) in [4.78, 5) is 12.2. The zero-order chi connectivity index (χ0) is 19.3. The average Bonchev–Trinajstić information content (AvgIpc) is 2.57. The summed E-state index contributed by atoms with van der Waals surface area (Å²) in [5, 5.41) is 4.40. The van der Waals surface area contributed by atoms with E-state index in [1.54, 1.807) is 24.3 Å². The fourth-order valence-electron chi connectivity index (χ4n) is 2.19. The number of anilines is 1. The van der Waals surface area contributed by atoms with Crippen LogP contribution in [0.4, 0.5) is 5.69 Å². The third-order valence-corrected chi connectivity index (χ3v) is 5.50. The number of halogens is 1. The van der Waals surface area contributed by atoms with Crippen molar-refractivity contribution in [1.29, 1.82) is 0 Å². The number of nitrogens with zero attached hydrogens (tertiary/aromatic N) is 1. The van der Waals surface area contributed by atoms with E-state index in [9.17, 15) is 13.2 Å². The summed E-state index contributed by atoms with van der Waals surface area (Å²) in [6.45, 7) is 3.53. The quantitative estimate of drug-likeness (QED) is 0.812. The van der Waals surface area contributed by atoms with Crippen molar-refractivity contribution in [2.45, 2.75) is 13.8 Å². The minimum atomic E-state index is -3.72. The fraction of sp³-hybridized carbons (Fsp3) is 0.211. The Morgan fingerprint density at radius 1 is 1.15 bits per heavy atom. The molecule has 2 rings (SSSR count). The van der Waals surface area contributed by atoms with Crippen LogP contribution in [0.25, 0.3) is 6.08 Å². The Kier molecular flexibility index (Phi) is 6.58. The van der Waals surface area contributed by atoms with E-state index in [0.717, 1.165) is 20.8 Å². The minimum absolute atomic E-state index is 0.277. The summed E-state index contributed by atoms with van der Waals surface area (Å²) in [6, 6.07) is 12.5. The molecule has 1 N–H and O–H groups in total. The molecular formula is C19H21ClN2O3S. The number of carbonyl (C=O) groups excluding carboxylic acids is 1. The van der Waals surface area contributed by atoms with E-state index < -0.39 is 15.9 Å². The molecule has 0 spiro atoms. The van der Waals surface area contributed by atoms with E-state index >= 15 is 0 Å². The number of amides is 1. The lowest BCUT2D eigenvalue weighted by molar-refractivity contribution is -0.116. The molecule has 0 saturated carbocycles. The molecule has 2 aromatic carbocycles. The second-order valence-electron chi connectivity index (χ2n) is 6.02. The number of hydrogen-bond acceptors (Lipinski definition) is 3. The molecule has 0 radical (unpaired) electrons. The van der Waals surface area contributed by atoms with Gasteiger partial charge in [-0.2, -0.15) is 4.31 Å². The Bertz CT molecular complexity index is 922. The Labute approximate surface area is 159 Å². The van der Waals surface area contributed by atoms with Crippen LogP contribution >= 0.6 is 11.6 Å². The maximum atomic E-state index is 12.3. The highest BCUT2D eigenvalue weighted by Crippen LogP contribution is 2.16. The Balaban J connectivity index is 2.02. The molecule has 0 aliphatic rings. The number of aryl methyl sites for hydroxylation is 2. The molecule has 26 heavy (non-hydrogen) atoms. The lowest BCUT2D eigenvalue weighted by atomic mass is 10.1. The van der Waals surface area contributed by atoms with Gasteiger partial charge in [0.2, 0.25) is 15.9 Å². The van der Waals surface area contributed by atoms with Gasteiger partial charge in [0.1, 0.15) is 0 Å². The monoisotopic (exact) mass is 392 g/mol. The van der Waals surface area contributed by atoms with Crippen molar-refractivity contribution in [3.05, 3.63) is 69.6 Å². The molecule has 0 aliphatic carbocycles. The summed E-state index contributed by atoms with van der Waals surface area (Å²) >= 11 is 5.80. The molecule has 0 bridgehead atoms. The minimum Gasteiger partial charge on any atom is -0.325 e. The van der Waals surface area contributed by atoms with Gasteiger partial charge in [-0.25, -0.2) is 8.42 Å². The highest BCUT2D eigenvalue weighted by molar-refractivity contribution is 7.92. The van der Waals surface area contributed by atoms with E-state index in [2.05, 4.69) is 5.32 Å². The Hall–Kier alpha value is -2.15. The molecular weight excluding hydrogens is 372 g/mol. The van der Waals surface area contributed by atoms with E-state index in [4.69, 9.17) is 11.6 Å². The van der Waals surface area contributed by atoms with Crippen molar-refractivity contribution in [3.8, 4) is 0 Å². The van der Waals surface area contributed by atoms with Crippen LogP contribution in [0.1, 0.15) is 16.7 Å². The first-order valence-corrected chi connectivity index (χ1v) is 9.82. The standard InChI is InChI=1S/C19H21ClN2O3S/c1-14-4-5-15(2)18(12-14)21-19(23)13-22(3)26(24,25)11-10-16-6-8-17(20)9-7-16/h4-12H,13H2,1-3H3,(H,21,23)/b11-10+. The summed E-state index contributed by atoms with van der Waals surface area (Å²) in [5.74, 6) is -0.398. The number of nitrogens with one attached hydrogen (secondary N) is 1. The molecule has 0 aromatic heterocycles. The van der Waals surface area contributed by atoms with E-state index in [-0.39, 0.29) is 6.54 Å². The largest absolute Gasteiger partial charge is 0.325 e. The summed E-state index contributed by atoms with van der Waals surface area (Å²) in [5.41, 5.74) is 3.30. The first-order valence-electron chi connectivity index (χ1n) is 7.94. The molecule has 0 heterocycles. The second-order valence-corrected chi connectivity index (χ2v) is 8.38. The maximum absolute atomic E-state index is 12.3. The molecule has 0 fully saturated rings. The van der Waals surface area contributed by atoms with Gasteiger partial charge >= 0.3 is 0 Å². The van der Waals surface area contributed by atoms with Gasteiger partial charge in [0, 0.05) is 23.2 Å². The predicted octanol–water partition coefficient (Wildman–Crippen LogP) is 3.83. The van der Waals surface area contributed by atoms with Crippen molar-refractivity contribution in [1.82, 2.24) is 4.31 Å². The van der Waals surface area contributed by atoms with Crippen molar-refractivity contribution in [2.24, 2.45) is 0 Å². The van der Waals surface area contributed by atoms with Gasteiger partial charge in [-0.1, -0.05) is 35.9 Å². The zero-order valence-corrected chi connectivity index (χ0v) is 16.4. The summed E-state index contributed by atoms with van der Waals surface area (Å²) < 4.78 is 25.6. The van der Waals surface area contributed by atoms with Gasteiger partial charge in [-0.3, -0.25) is 4.79 Å². The Morgan fingerprint density at radius 3 is 2.46 bits per heavy atom. The lowest BCUT2D eigenvalue weighted by Gasteiger charge is -2.15. The molecule has 138 valence electrons. The van der Waals surface area contributed by atoms with Crippen LogP contribution in [0.2, 0.25) is 5.02 Å². The SMILES string of the molecule is Cc1ccc(C)c(NC(=O)CN(C)S(=O)(=O)/C=C/c2ccc(Cl)cc2)c1. The number of benzene rings is 2. The van der Waals surface area contributed by atoms with E-state index in [1.165, 1.54) is 13.1 Å². The molecule has 5 nitrogen and oxygen atoms in total. The van der Waals surface area contributed by atoms with Crippen LogP contribution in [-0.4, -0.2) is 32.2 Å².